The Morgan fingerprint density at radius 1 is 0.769 bits per heavy atom. The molecule has 1 aromatic heterocycles. The quantitative estimate of drug-likeness (QED) is 0.494. The Hall–Kier alpha value is -3.33. The van der Waals surface area contributed by atoms with Gasteiger partial charge in [0.15, 0.2) is 0 Å². The average Bonchev–Trinajstić information content (AvgIpc) is 3.14. The number of rotatable bonds is 5. The van der Waals surface area contributed by atoms with Crippen LogP contribution in [0.2, 0.25) is 0 Å². The maximum atomic E-state index is 5.24. The van der Waals surface area contributed by atoms with E-state index in [0.29, 0.717) is 0 Å². The van der Waals surface area contributed by atoms with Gasteiger partial charge in [-0.1, -0.05) is 72.8 Å². The van der Waals surface area contributed by atoms with Crippen molar-refractivity contribution in [3.05, 3.63) is 96.7 Å². The maximum Gasteiger partial charge on any atom is 0.118 e. The Balaban J connectivity index is 1.73. The Kier molecular flexibility index (Phi) is 4.52. The van der Waals surface area contributed by atoms with E-state index < -0.39 is 0 Å². The second-order valence-corrected chi connectivity index (χ2v) is 6.17. The summed E-state index contributed by atoms with van der Waals surface area (Å²) >= 11 is 0. The normalized spacial score (nSPS) is 10.7. The summed E-state index contributed by atoms with van der Waals surface area (Å²) in [6.45, 7) is 0.719. The van der Waals surface area contributed by atoms with Crippen molar-refractivity contribution in [3.8, 4) is 28.1 Å². The van der Waals surface area contributed by atoms with Gasteiger partial charge in [-0.2, -0.15) is 5.10 Å². The minimum Gasteiger partial charge on any atom is -0.497 e. The molecule has 0 bridgehead atoms. The van der Waals surface area contributed by atoms with Crippen LogP contribution < -0.4 is 4.74 Å². The molecule has 0 radical (unpaired) electrons. The highest BCUT2D eigenvalue weighted by molar-refractivity contribution is 5.80. The number of benzene rings is 3. The first kappa shape index (κ1) is 16.2. The Morgan fingerprint density at radius 3 is 2.00 bits per heavy atom. The summed E-state index contributed by atoms with van der Waals surface area (Å²) in [5.74, 6) is 0.865. The summed E-state index contributed by atoms with van der Waals surface area (Å²) < 4.78 is 7.24. The minimum absolute atomic E-state index is 0.719. The molecule has 3 aromatic carbocycles. The van der Waals surface area contributed by atoms with Crippen molar-refractivity contribution in [2.75, 3.05) is 7.11 Å². The molecule has 4 aromatic rings. The number of aromatic nitrogens is 2. The highest BCUT2D eigenvalue weighted by atomic mass is 16.5. The van der Waals surface area contributed by atoms with Gasteiger partial charge in [0.2, 0.25) is 0 Å². The van der Waals surface area contributed by atoms with Gasteiger partial charge in [-0.25, -0.2) is 0 Å². The fourth-order valence-electron chi connectivity index (χ4n) is 3.06. The van der Waals surface area contributed by atoms with Crippen molar-refractivity contribution >= 4 is 0 Å². The second kappa shape index (κ2) is 7.28. The predicted octanol–water partition coefficient (Wildman–Crippen LogP) is 5.27. The summed E-state index contributed by atoms with van der Waals surface area (Å²) in [5, 5.41) is 4.88. The molecular weight excluding hydrogens is 320 g/mol. The third kappa shape index (κ3) is 3.38. The van der Waals surface area contributed by atoms with Crippen molar-refractivity contribution in [1.82, 2.24) is 9.78 Å². The van der Waals surface area contributed by atoms with E-state index in [1.54, 1.807) is 7.11 Å². The van der Waals surface area contributed by atoms with E-state index in [1.165, 1.54) is 11.1 Å². The second-order valence-electron chi connectivity index (χ2n) is 6.17. The zero-order valence-electron chi connectivity index (χ0n) is 14.7. The number of nitrogens with zero attached hydrogens (tertiary/aromatic N) is 2. The first-order valence-electron chi connectivity index (χ1n) is 8.65. The number of ether oxygens (including phenoxy) is 1. The molecule has 0 N–H and O–H groups in total. The Bertz CT molecular complexity index is 917. The molecule has 1 heterocycles. The molecule has 0 fully saturated rings. The van der Waals surface area contributed by atoms with Crippen LogP contribution in [0.3, 0.4) is 0 Å². The molecule has 0 amide bonds. The molecule has 26 heavy (non-hydrogen) atoms. The summed E-state index contributed by atoms with van der Waals surface area (Å²) in [6.07, 6.45) is 2.13. The summed E-state index contributed by atoms with van der Waals surface area (Å²) in [5.41, 5.74) is 5.63. The van der Waals surface area contributed by atoms with Crippen LogP contribution in [0.1, 0.15) is 5.56 Å². The fraction of sp³-hybridized carbons (Fsp3) is 0.0870. The van der Waals surface area contributed by atoms with Gasteiger partial charge in [-0.15, -0.1) is 0 Å². The highest BCUT2D eigenvalue weighted by Crippen LogP contribution is 2.31. The van der Waals surface area contributed by atoms with E-state index in [9.17, 15) is 0 Å². The van der Waals surface area contributed by atoms with Crippen molar-refractivity contribution < 1.29 is 4.74 Å². The van der Waals surface area contributed by atoms with Crippen molar-refractivity contribution in [1.29, 1.82) is 0 Å². The molecule has 128 valence electrons. The molecule has 0 unspecified atom stereocenters. The highest BCUT2D eigenvalue weighted by Gasteiger charge is 2.13. The van der Waals surface area contributed by atoms with Crippen LogP contribution in [0, 0.1) is 0 Å². The van der Waals surface area contributed by atoms with Crippen molar-refractivity contribution in [2.45, 2.75) is 6.54 Å². The van der Waals surface area contributed by atoms with Gasteiger partial charge >= 0.3 is 0 Å². The van der Waals surface area contributed by atoms with Crippen LogP contribution in [0.4, 0.5) is 0 Å². The van der Waals surface area contributed by atoms with E-state index >= 15 is 0 Å². The summed E-state index contributed by atoms with van der Waals surface area (Å²) in [6, 6.07) is 28.9. The third-order valence-electron chi connectivity index (χ3n) is 4.40. The zero-order chi connectivity index (χ0) is 17.8. The lowest BCUT2D eigenvalue weighted by Gasteiger charge is -2.04. The Labute approximate surface area is 153 Å². The monoisotopic (exact) mass is 340 g/mol. The topological polar surface area (TPSA) is 27.1 Å². The van der Waals surface area contributed by atoms with Crippen LogP contribution in [0.25, 0.3) is 22.4 Å². The summed E-state index contributed by atoms with van der Waals surface area (Å²) in [4.78, 5) is 0. The number of hydrogen-bond donors (Lipinski definition) is 0. The minimum atomic E-state index is 0.719. The first-order chi connectivity index (χ1) is 12.8. The lowest BCUT2D eigenvalue weighted by Crippen LogP contribution is -2.00. The maximum absolute atomic E-state index is 5.24. The molecule has 0 saturated heterocycles. The number of hydrogen-bond acceptors (Lipinski definition) is 2. The van der Waals surface area contributed by atoms with Crippen LogP contribution in [0.5, 0.6) is 5.75 Å². The van der Waals surface area contributed by atoms with Gasteiger partial charge in [-0.05, 0) is 23.3 Å². The molecule has 0 saturated carbocycles. The predicted molar refractivity (Wildman–Crippen MR) is 105 cm³/mol. The van der Waals surface area contributed by atoms with Crippen LogP contribution >= 0.6 is 0 Å². The van der Waals surface area contributed by atoms with E-state index in [2.05, 4.69) is 54.7 Å². The SMILES string of the molecule is COc1ccc(Cn2cc(-c3ccccc3)c(-c3ccccc3)n2)cc1. The average molecular weight is 340 g/mol. The first-order valence-corrected chi connectivity index (χ1v) is 8.65. The molecule has 3 heteroatoms. The molecule has 3 nitrogen and oxygen atoms in total. The van der Waals surface area contributed by atoms with Gasteiger partial charge in [-0.3, -0.25) is 4.68 Å². The third-order valence-corrected chi connectivity index (χ3v) is 4.40. The van der Waals surface area contributed by atoms with E-state index in [1.807, 2.05) is 41.1 Å². The lowest BCUT2D eigenvalue weighted by atomic mass is 10.0. The van der Waals surface area contributed by atoms with Crippen LogP contribution in [-0.4, -0.2) is 16.9 Å². The molecule has 0 aliphatic carbocycles. The molecule has 0 spiro atoms. The van der Waals surface area contributed by atoms with Crippen LogP contribution in [0.15, 0.2) is 91.1 Å². The van der Waals surface area contributed by atoms with E-state index in [4.69, 9.17) is 9.84 Å². The molecule has 0 atom stereocenters. The molecule has 4 rings (SSSR count). The Morgan fingerprint density at radius 2 is 1.38 bits per heavy atom. The zero-order valence-corrected chi connectivity index (χ0v) is 14.7. The molecule has 0 aliphatic heterocycles. The van der Waals surface area contributed by atoms with Gasteiger partial charge in [0.05, 0.1) is 13.7 Å². The molecular formula is C23H20N2O. The van der Waals surface area contributed by atoms with E-state index in [-0.39, 0.29) is 0 Å². The van der Waals surface area contributed by atoms with Crippen molar-refractivity contribution in [3.63, 3.8) is 0 Å². The van der Waals surface area contributed by atoms with Gasteiger partial charge in [0, 0.05) is 17.3 Å². The van der Waals surface area contributed by atoms with Crippen molar-refractivity contribution in [2.24, 2.45) is 0 Å². The van der Waals surface area contributed by atoms with E-state index in [0.717, 1.165) is 29.1 Å². The van der Waals surface area contributed by atoms with Crippen LogP contribution in [-0.2, 0) is 6.54 Å². The largest absolute Gasteiger partial charge is 0.497 e. The van der Waals surface area contributed by atoms with Gasteiger partial charge < -0.3 is 4.74 Å². The van der Waals surface area contributed by atoms with Gasteiger partial charge in [0.1, 0.15) is 11.4 Å². The summed E-state index contributed by atoms with van der Waals surface area (Å²) in [7, 11) is 1.68. The number of methoxy groups -OCH3 is 1. The smallest absolute Gasteiger partial charge is 0.118 e. The molecule has 0 aliphatic rings. The lowest BCUT2D eigenvalue weighted by molar-refractivity contribution is 0.414. The fourth-order valence-corrected chi connectivity index (χ4v) is 3.06. The van der Waals surface area contributed by atoms with Gasteiger partial charge in [0.25, 0.3) is 0 Å². The standard InChI is InChI=1S/C23H20N2O/c1-26-21-14-12-18(13-15-21)16-25-17-22(19-8-4-2-5-9-19)23(24-25)20-10-6-3-7-11-20/h2-15,17H,16H2,1H3.